The van der Waals surface area contributed by atoms with Gasteiger partial charge in [-0.3, -0.25) is 14.4 Å². The molecule has 0 aliphatic heterocycles. The number of nitrogens with one attached hydrogen (secondary N) is 2. The third kappa shape index (κ3) is 7.37. The Hall–Kier alpha value is -1.67. The van der Waals surface area contributed by atoms with Gasteiger partial charge in [0.25, 0.3) is 0 Å². The number of hydrogen-bond donors (Lipinski definition) is 5. The summed E-state index contributed by atoms with van der Waals surface area (Å²) in [5.74, 6) is -2.38. The number of aliphatic hydroxyl groups excluding tert-OH is 1. The third-order valence-electron chi connectivity index (χ3n) is 2.43. The molecular weight excluding hydrogens is 254 g/mol. The zero-order valence-electron chi connectivity index (χ0n) is 10.9. The number of carboxylic acids is 1. The van der Waals surface area contributed by atoms with Crippen LogP contribution in [-0.2, 0) is 14.4 Å². The molecule has 0 bridgehead atoms. The van der Waals surface area contributed by atoms with Crippen molar-refractivity contribution in [3.8, 4) is 0 Å². The van der Waals surface area contributed by atoms with E-state index in [1.165, 1.54) is 0 Å². The molecule has 8 nitrogen and oxygen atoms in total. The number of carboxylic acid groups (broad SMARTS) is 1. The molecule has 8 heteroatoms. The number of carbonyl (C=O) groups is 3. The van der Waals surface area contributed by atoms with E-state index >= 15 is 0 Å². The Bertz CT molecular complexity index is 321. The average Bonchev–Trinajstić information content (AvgIpc) is 2.39. The number of hydrogen-bond acceptors (Lipinski definition) is 5. The lowest BCUT2D eigenvalue weighted by atomic mass is 10.1. The van der Waals surface area contributed by atoms with E-state index in [1.54, 1.807) is 0 Å². The first-order chi connectivity index (χ1) is 8.92. The van der Waals surface area contributed by atoms with Crippen molar-refractivity contribution in [1.29, 1.82) is 0 Å². The van der Waals surface area contributed by atoms with E-state index in [0.29, 0.717) is 12.8 Å². The highest BCUT2D eigenvalue weighted by molar-refractivity contribution is 5.90. The van der Waals surface area contributed by atoms with E-state index in [0.717, 1.165) is 6.42 Å². The number of rotatable bonds is 9. The van der Waals surface area contributed by atoms with Crippen LogP contribution in [0.1, 0.15) is 26.2 Å². The molecule has 110 valence electrons. The van der Waals surface area contributed by atoms with E-state index in [4.69, 9.17) is 15.9 Å². The zero-order valence-corrected chi connectivity index (χ0v) is 10.9. The van der Waals surface area contributed by atoms with Crippen LogP contribution in [0.25, 0.3) is 0 Å². The van der Waals surface area contributed by atoms with E-state index in [-0.39, 0.29) is 0 Å². The maximum absolute atomic E-state index is 11.7. The Morgan fingerprint density at radius 3 is 2.37 bits per heavy atom. The lowest BCUT2D eigenvalue weighted by molar-refractivity contribution is -0.138. The van der Waals surface area contributed by atoms with Crippen LogP contribution in [0.3, 0.4) is 0 Å². The zero-order chi connectivity index (χ0) is 14.8. The van der Waals surface area contributed by atoms with Gasteiger partial charge in [0.1, 0.15) is 18.6 Å². The molecule has 0 aliphatic carbocycles. The lowest BCUT2D eigenvalue weighted by Crippen LogP contribution is -2.53. The number of unbranched alkanes of at least 4 members (excludes halogenated alkanes) is 1. The molecule has 2 unspecified atom stereocenters. The molecule has 0 aliphatic rings. The molecule has 0 rings (SSSR count). The third-order valence-corrected chi connectivity index (χ3v) is 2.43. The second kappa shape index (κ2) is 9.29. The first-order valence-corrected chi connectivity index (χ1v) is 6.08. The second-order valence-electron chi connectivity index (χ2n) is 4.10. The SMILES string of the molecule is CCCCC(NC(=O)C(N)CO)C(=O)NCC(=O)O. The Balaban J connectivity index is 4.47. The number of nitrogens with two attached hydrogens (primary N) is 1. The highest BCUT2D eigenvalue weighted by Gasteiger charge is 2.23. The number of carbonyl (C=O) groups excluding carboxylic acids is 2. The van der Waals surface area contributed by atoms with Crippen LogP contribution in [0, 0.1) is 0 Å². The highest BCUT2D eigenvalue weighted by Crippen LogP contribution is 2.01. The van der Waals surface area contributed by atoms with Gasteiger partial charge in [-0.25, -0.2) is 0 Å². The molecule has 0 fully saturated rings. The largest absolute Gasteiger partial charge is 0.480 e. The maximum Gasteiger partial charge on any atom is 0.322 e. The van der Waals surface area contributed by atoms with Gasteiger partial charge in [0.05, 0.1) is 6.61 Å². The van der Waals surface area contributed by atoms with E-state index in [1.807, 2.05) is 6.92 Å². The molecule has 0 saturated heterocycles. The topological polar surface area (TPSA) is 142 Å². The highest BCUT2D eigenvalue weighted by atomic mass is 16.4. The minimum atomic E-state index is -1.17. The van der Waals surface area contributed by atoms with Gasteiger partial charge in [-0.05, 0) is 6.42 Å². The summed E-state index contributed by atoms with van der Waals surface area (Å²) in [5.41, 5.74) is 5.33. The number of amides is 2. The van der Waals surface area contributed by atoms with Crippen molar-refractivity contribution in [2.45, 2.75) is 38.3 Å². The Morgan fingerprint density at radius 2 is 1.89 bits per heavy atom. The van der Waals surface area contributed by atoms with E-state index in [9.17, 15) is 14.4 Å². The fourth-order valence-electron chi connectivity index (χ4n) is 1.32. The molecular formula is C11H21N3O5. The molecule has 0 radical (unpaired) electrons. The predicted molar refractivity (Wildman–Crippen MR) is 67.2 cm³/mol. The van der Waals surface area contributed by atoms with Crippen LogP contribution in [0.15, 0.2) is 0 Å². The standard InChI is InChI=1S/C11H21N3O5/c1-2-3-4-8(11(19)13-5-9(16)17)14-10(18)7(12)6-15/h7-8,15H,2-6,12H2,1H3,(H,13,19)(H,14,18)(H,16,17). The molecule has 2 amide bonds. The second-order valence-corrected chi connectivity index (χ2v) is 4.10. The van der Waals surface area contributed by atoms with Gasteiger partial charge in [-0.2, -0.15) is 0 Å². The molecule has 0 aromatic carbocycles. The van der Waals surface area contributed by atoms with Crippen molar-refractivity contribution in [2.75, 3.05) is 13.2 Å². The van der Waals surface area contributed by atoms with Crippen molar-refractivity contribution in [3.05, 3.63) is 0 Å². The molecule has 0 spiro atoms. The van der Waals surface area contributed by atoms with Crippen molar-refractivity contribution >= 4 is 17.8 Å². The van der Waals surface area contributed by atoms with Gasteiger partial charge in [-0.1, -0.05) is 19.8 Å². The average molecular weight is 275 g/mol. The predicted octanol–water partition coefficient (Wildman–Crippen LogP) is -1.82. The molecule has 0 aromatic rings. The fourth-order valence-corrected chi connectivity index (χ4v) is 1.32. The van der Waals surface area contributed by atoms with Gasteiger partial charge in [0, 0.05) is 0 Å². The van der Waals surface area contributed by atoms with Gasteiger partial charge in [-0.15, -0.1) is 0 Å². The summed E-state index contributed by atoms with van der Waals surface area (Å²) in [5, 5.41) is 21.8. The van der Waals surface area contributed by atoms with Gasteiger partial charge in [0.15, 0.2) is 0 Å². The van der Waals surface area contributed by atoms with Gasteiger partial charge >= 0.3 is 5.97 Å². The molecule has 0 saturated carbocycles. The van der Waals surface area contributed by atoms with Gasteiger partial charge in [0.2, 0.25) is 11.8 Å². The maximum atomic E-state index is 11.7. The quantitative estimate of drug-likeness (QED) is 0.335. The molecule has 6 N–H and O–H groups in total. The monoisotopic (exact) mass is 275 g/mol. The first-order valence-electron chi connectivity index (χ1n) is 6.08. The Morgan fingerprint density at radius 1 is 1.26 bits per heavy atom. The summed E-state index contributed by atoms with van der Waals surface area (Å²) in [6.45, 7) is 0.889. The lowest BCUT2D eigenvalue weighted by Gasteiger charge is -2.19. The summed E-state index contributed by atoms with van der Waals surface area (Å²) in [4.78, 5) is 33.6. The summed E-state index contributed by atoms with van der Waals surface area (Å²) in [6, 6.07) is -1.94. The Kier molecular flexibility index (Phi) is 8.47. The Labute approximate surface area is 111 Å². The van der Waals surface area contributed by atoms with Crippen LogP contribution in [0.5, 0.6) is 0 Å². The van der Waals surface area contributed by atoms with Crippen molar-refractivity contribution < 1.29 is 24.6 Å². The van der Waals surface area contributed by atoms with Crippen molar-refractivity contribution in [1.82, 2.24) is 10.6 Å². The van der Waals surface area contributed by atoms with Crippen LogP contribution in [0.4, 0.5) is 0 Å². The van der Waals surface area contributed by atoms with E-state index in [2.05, 4.69) is 10.6 Å². The van der Waals surface area contributed by atoms with E-state index < -0.39 is 43.0 Å². The molecule has 2 atom stereocenters. The van der Waals surface area contributed by atoms with Crippen LogP contribution >= 0.6 is 0 Å². The summed E-state index contributed by atoms with van der Waals surface area (Å²) in [6.07, 6.45) is 1.90. The summed E-state index contributed by atoms with van der Waals surface area (Å²) in [7, 11) is 0. The van der Waals surface area contributed by atoms with Crippen LogP contribution < -0.4 is 16.4 Å². The number of aliphatic carboxylic acids is 1. The van der Waals surface area contributed by atoms with Gasteiger partial charge < -0.3 is 26.6 Å². The molecule has 0 heterocycles. The fraction of sp³-hybridized carbons (Fsp3) is 0.727. The minimum Gasteiger partial charge on any atom is -0.480 e. The normalized spacial score (nSPS) is 13.4. The molecule has 0 aromatic heterocycles. The minimum absolute atomic E-state index is 0.381. The van der Waals surface area contributed by atoms with Crippen molar-refractivity contribution in [2.24, 2.45) is 5.73 Å². The summed E-state index contributed by atoms with van der Waals surface area (Å²) >= 11 is 0. The van der Waals surface area contributed by atoms with Crippen LogP contribution in [-0.4, -0.2) is 53.2 Å². The van der Waals surface area contributed by atoms with Crippen molar-refractivity contribution in [3.63, 3.8) is 0 Å². The molecule has 19 heavy (non-hydrogen) atoms. The van der Waals surface area contributed by atoms with Crippen LogP contribution in [0.2, 0.25) is 0 Å². The first kappa shape index (κ1) is 17.3. The smallest absolute Gasteiger partial charge is 0.322 e. The number of aliphatic hydroxyl groups is 1. The summed E-state index contributed by atoms with van der Waals surface area (Å²) < 4.78 is 0.